The number of thiazole rings is 1. The fourth-order valence-corrected chi connectivity index (χ4v) is 6.74. The zero-order valence-corrected chi connectivity index (χ0v) is 22.5. The third-order valence-corrected chi connectivity index (χ3v) is 8.34. The topological polar surface area (TPSA) is 63.7 Å². The molecule has 38 heavy (non-hydrogen) atoms. The van der Waals surface area contributed by atoms with Crippen LogP contribution >= 0.6 is 11.3 Å². The lowest BCUT2D eigenvalue weighted by Crippen LogP contribution is -2.56. The highest BCUT2D eigenvalue weighted by Crippen LogP contribution is 2.39. The van der Waals surface area contributed by atoms with Crippen LogP contribution < -0.4 is 14.8 Å². The number of carbonyl (C=O) groups excluding carboxylic acids is 1. The van der Waals surface area contributed by atoms with Gasteiger partial charge in [0.2, 0.25) is 0 Å². The van der Waals surface area contributed by atoms with Crippen LogP contribution in [0.15, 0.2) is 36.4 Å². The van der Waals surface area contributed by atoms with Gasteiger partial charge in [-0.1, -0.05) is 12.5 Å². The van der Waals surface area contributed by atoms with Gasteiger partial charge in [-0.05, 0) is 69.9 Å². The standard InChI is InChI=1S/C28H32F3N3O3S/c1-16(2)37-23-12-17(10-11-22(23)36-3)27(35)32-18-13-19-6-4-7-20(14-18)34(19)15-25-33-26-21(28(29,30)31)8-5-9-24(26)38-25/h5,8-12,16,18-20H,4,6-7,13-15H2,1-3H3,(H,32,35). The van der Waals surface area contributed by atoms with Crippen LogP contribution in [0.25, 0.3) is 10.2 Å². The Hall–Kier alpha value is -2.85. The summed E-state index contributed by atoms with van der Waals surface area (Å²) in [5.74, 6) is 0.963. The van der Waals surface area contributed by atoms with Gasteiger partial charge in [-0.3, -0.25) is 9.69 Å². The lowest BCUT2D eigenvalue weighted by Gasteiger charge is -2.48. The normalized spacial score (nSPS) is 22.0. The van der Waals surface area contributed by atoms with E-state index in [1.165, 1.54) is 17.4 Å². The minimum absolute atomic E-state index is 0.0258. The molecule has 0 saturated carbocycles. The number of para-hydroxylation sites is 1. The zero-order chi connectivity index (χ0) is 27.0. The number of aromatic nitrogens is 1. The van der Waals surface area contributed by atoms with E-state index in [1.54, 1.807) is 31.4 Å². The SMILES string of the molecule is COc1ccc(C(=O)NC2CC3CCCC(C2)N3Cc2nc3c(C(F)(F)F)cccc3s2)cc1OC(C)C. The first-order valence-electron chi connectivity index (χ1n) is 13.0. The third-order valence-electron chi connectivity index (χ3n) is 7.34. The number of carbonyl (C=O) groups is 1. The van der Waals surface area contributed by atoms with Gasteiger partial charge in [-0.2, -0.15) is 13.2 Å². The van der Waals surface area contributed by atoms with Gasteiger partial charge in [0.05, 0.1) is 35.5 Å². The van der Waals surface area contributed by atoms with Gasteiger partial charge in [0.1, 0.15) is 5.01 Å². The predicted octanol–water partition coefficient (Wildman–Crippen LogP) is 6.43. The van der Waals surface area contributed by atoms with Crippen molar-refractivity contribution in [1.29, 1.82) is 0 Å². The Morgan fingerprint density at radius 3 is 2.55 bits per heavy atom. The van der Waals surface area contributed by atoms with Crippen molar-refractivity contribution >= 4 is 27.5 Å². The van der Waals surface area contributed by atoms with E-state index < -0.39 is 11.7 Å². The molecule has 2 saturated heterocycles. The fraction of sp³-hybridized carbons (Fsp3) is 0.500. The summed E-state index contributed by atoms with van der Waals surface area (Å²) >= 11 is 1.33. The number of amides is 1. The number of fused-ring (bicyclic) bond motifs is 3. The maximum atomic E-state index is 13.5. The smallest absolute Gasteiger partial charge is 0.418 e. The van der Waals surface area contributed by atoms with E-state index in [2.05, 4.69) is 15.2 Å². The summed E-state index contributed by atoms with van der Waals surface area (Å²) in [7, 11) is 1.57. The molecule has 1 aromatic heterocycles. The molecule has 2 bridgehead atoms. The van der Waals surface area contributed by atoms with E-state index in [0.717, 1.165) is 38.2 Å². The number of hydrogen-bond acceptors (Lipinski definition) is 6. The summed E-state index contributed by atoms with van der Waals surface area (Å²) < 4.78 is 52.1. The van der Waals surface area contributed by atoms with E-state index in [-0.39, 0.29) is 35.7 Å². The van der Waals surface area contributed by atoms with Gasteiger partial charge in [0.15, 0.2) is 11.5 Å². The van der Waals surface area contributed by atoms with Crippen molar-refractivity contribution in [3.05, 3.63) is 52.5 Å². The van der Waals surface area contributed by atoms with Crippen LogP contribution in [0.1, 0.15) is 66.9 Å². The molecule has 0 aliphatic carbocycles. The number of ether oxygens (including phenoxy) is 2. The highest BCUT2D eigenvalue weighted by Gasteiger charge is 2.39. The van der Waals surface area contributed by atoms with Crippen LogP contribution in [0, 0.1) is 0 Å². The van der Waals surface area contributed by atoms with E-state index >= 15 is 0 Å². The van der Waals surface area contributed by atoms with Crippen molar-refractivity contribution in [1.82, 2.24) is 15.2 Å². The Labute approximate surface area is 224 Å². The average Bonchev–Trinajstić information content (AvgIpc) is 3.26. The van der Waals surface area contributed by atoms with Crippen LogP contribution in [0.5, 0.6) is 11.5 Å². The van der Waals surface area contributed by atoms with Crippen LogP contribution in [0.4, 0.5) is 13.2 Å². The van der Waals surface area contributed by atoms with Gasteiger partial charge in [0, 0.05) is 23.7 Å². The van der Waals surface area contributed by atoms with Crippen molar-refractivity contribution in [3.8, 4) is 11.5 Å². The molecular formula is C28H32F3N3O3S. The molecule has 6 nitrogen and oxygen atoms in total. The van der Waals surface area contributed by atoms with Gasteiger partial charge in [-0.25, -0.2) is 4.98 Å². The van der Waals surface area contributed by atoms with E-state index in [4.69, 9.17) is 9.47 Å². The number of rotatable bonds is 7. The molecule has 2 atom stereocenters. The number of hydrogen-bond donors (Lipinski definition) is 1. The molecule has 2 fully saturated rings. The van der Waals surface area contributed by atoms with E-state index in [9.17, 15) is 18.0 Å². The van der Waals surface area contributed by atoms with Crippen molar-refractivity contribution in [3.63, 3.8) is 0 Å². The molecule has 2 aromatic carbocycles. The summed E-state index contributed by atoms with van der Waals surface area (Å²) in [5.41, 5.74) is -0.129. The summed E-state index contributed by atoms with van der Waals surface area (Å²) in [6.45, 7) is 4.37. The third kappa shape index (κ3) is 5.61. The van der Waals surface area contributed by atoms with Crippen LogP contribution in [-0.4, -0.2) is 47.1 Å². The minimum atomic E-state index is -4.43. The zero-order valence-electron chi connectivity index (χ0n) is 21.7. The Morgan fingerprint density at radius 2 is 1.89 bits per heavy atom. The maximum absolute atomic E-state index is 13.5. The molecule has 1 N–H and O–H groups in total. The van der Waals surface area contributed by atoms with E-state index in [0.29, 0.717) is 33.3 Å². The first kappa shape index (κ1) is 26.7. The van der Waals surface area contributed by atoms with Gasteiger partial charge < -0.3 is 14.8 Å². The Bertz CT molecular complexity index is 1300. The summed E-state index contributed by atoms with van der Waals surface area (Å²) in [6.07, 6.45) is 0.218. The molecule has 1 amide bonds. The summed E-state index contributed by atoms with van der Waals surface area (Å²) in [4.78, 5) is 19.9. The highest BCUT2D eigenvalue weighted by molar-refractivity contribution is 7.18. The second-order valence-electron chi connectivity index (χ2n) is 10.3. The molecule has 2 aliphatic rings. The fourth-order valence-electron chi connectivity index (χ4n) is 5.73. The summed E-state index contributed by atoms with van der Waals surface area (Å²) in [5, 5.41) is 3.91. The number of halogens is 3. The van der Waals surface area contributed by atoms with Gasteiger partial charge in [-0.15, -0.1) is 11.3 Å². The van der Waals surface area contributed by atoms with Crippen LogP contribution in [0.2, 0.25) is 0 Å². The van der Waals surface area contributed by atoms with Gasteiger partial charge >= 0.3 is 6.18 Å². The quantitative estimate of drug-likeness (QED) is 0.370. The molecule has 2 unspecified atom stereocenters. The van der Waals surface area contributed by atoms with Crippen molar-refractivity contribution in [2.45, 2.75) is 82.9 Å². The number of nitrogens with zero attached hydrogens (tertiary/aromatic N) is 2. The van der Waals surface area contributed by atoms with Crippen molar-refractivity contribution in [2.24, 2.45) is 0 Å². The molecule has 5 rings (SSSR count). The Kier molecular flexibility index (Phi) is 7.55. The lowest BCUT2D eigenvalue weighted by molar-refractivity contribution is -0.136. The highest BCUT2D eigenvalue weighted by atomic mass is 32.1. The number of piperidine rings is 2. The molecule has 10 heteroatoms. The molecule has 2 aliphatic heterocycles. The van der Waals surface area contributed by atoms with Crippen molar-refractivity contribution in [2.75, 3.05) is 7.11 Å². The average molecular weight is 548 g/mol. The Morgan fingerprint density at radius 1 is 1.16 bits per heavy atom. The number of benzene rings is 2. The second-order valence-corrected chi connectivity index (χ2v) is 11.5. The van der Waals surface area contributed by atoms with Crippen LogP contribution in [0.3, 0.4) is 0 Å². The minimum Gasteiger partial charge on any atom is -0.493 e. The predicted molar refractivity (Wildman–Crippen MR) is 141 cm³/mol. The largest absolute Gasteiger partial charge is 0.493 e. The maximum Gasteiger partial charge on any atom is 0.418 e. The number of nitrogens with one attached hydrogen (secondary N) is 1. The molecular weight excluding hydrogens is 515 g/mol. The Balaban J connectivity index is 1.28. The molecule has 0 spiro atoms. The molecule has 3 aromatic rings. The number of alkyl halides is 3. The first-order chi connectivity index (χ1) is 18.1. The second kappa shape index (κ2) is 10.7. The lowest BCUT2D eigenvalue weighted by atomic mass is 9.81. The van der Waals surface area contributed by atoms with E-state index in [1.807, 2.05) is 13.8 Å². The molecule has 204 valence electrons. The first-order valence-corrected chi connectivity index (χ1v) is 13.8. The van der Waals surface area contributed by atoms with Crippen molar-refractivity contribution < 1.29 is 27.4 Å². The number of methoxy groups -OCH3 is 1. The van der Waals surface area contributed by atoms with Gasteiger partial charge in [0.25, 0.3) is 5.91 Å². The summed E-state index contributed by atoms with van der Waals surface area (Å²) in [6, 6.07) is 9.95. The monoisotopic (exact) mass is 547 g/mol. The van der Waals surface area contributed by atoms with Crippen LogP contribution in [-0.2, 0) is 12.7 Å². The molecule has 3 heterocycles. The molecule has 0 radical (unpaired) electrons.